The van der Waals surface area contributed by atoms with Crippen molar-refractivity contribution in [2.75, 3.05) is 0 Å². The quantitative estimate of drug-likeness (QED) is 0.257. The summed E-state index contributed by atoms with van der Waals surface area (Å²) in [6, 6.07) is 16.2. The molecule has 0 saturated carbocycles. The SMILES string of the molecule is O=[N+]([O-])c1cccc[c]1[Bi]([c]1ccc(C(F)(F)F)cc1)[c]1ccccc1[N+](=O)[O-]. The van der Waals surface area contributed by atoms with Gasteiger partial charge in [0.25, 0.3) is 0 Å². The molecular weight excluding hydrogens is 586 g/mol. The molecule has 10 heteroatoms. The molecule has 0 fully saturated rings. The Hall–Kier alpha value is -2.87. The summed E-state index contributed by atoms with van der Waals surface area (Å²) < 4.78 is 40.0. The predicted octanol–water partition coefficient (Wildman–Crippen LogP) is 3.04. The average molecular weight is 598 g/mol. The molecule has 0 unspecified atom stereocenters. The molecule has 0 spiro atoms. The van der Waals surface area contributed by atoms with Crippen LogP contribution in [0.4, 0.5) is 24.5 Å². The normalized spacial score (nSPS) is 11.4. The molecule has 0 aliphatic carbocycles. The van der Waals surface area contributed by atoms with Crippen molar-refractivity contribution in [3.05, 3.63) is 98.6 Å². The molecule has 3 rings (SSSR count). The molecule has 0 saturated heterocycles. The Bertz CT molecular complexity index is 1010. The summed E-state index contributed by atoms with van der Waals surface area (Å²) in [5, 5.41) is 23.1. The monoisotopic (exact) mass is 598 g/mol. The van der Waals surface area contributed by atoms with Gasteiger partial charge in [-0.25, -0.2) is 0 Å². The minimum atomic E-state index is -4.53. The van der Waals surface area contributed by atoms with Gasteiger partial charge in [0.05, 0.1) is 0 Å². The molecular formula is C19H12BiF3N2O4. The van der Waals surface area contributed by atoms with Gasteiger partial charge in [-0.15, -0.1) is 0 Å². The van der Waals surface area contributed by atoms with E-state index in [1.165, 1.54) is 48.5 Å². The van der Waals surface area contributed by atoms with Gasteiger partial charge in [-0.05, 0) is 0 Å². The van der Waals surface area contributed by atoms with Crippen LogP contribution in [0.1, 0.15) is 5.56 Å². The van der Waals surface area contributed by atoms with E-state index in [1.807, 2.05) is 0 Å². The number of rotatable bonds is 5. The van der Waals surface area contributed by atoms with E-state index in [-0.39, 0.29) is 11.4 Å². The summed E-state index contributed by atoms with van der Waals surface area (Å²) in [4.78, 5) is 22.0. The standard InChI is InChI=1S/C7H4F3.2C6H4NO2.Bi/c8-7(9,10)6-4-2-1-3-5-6;2*8-7(9)6-4-2-1-3-5-6;/h2-5H;2*1-4H;. The molecule has 0 heterocycles. The molecule has 29 heavy (non-hydrogen) atoms. The van der Waals surface area contributed by atoms with Crippen LogP contribution in [-0.4, -0.2) is 31.6 Å². The van der Waals surface area contributed by atoms with Gasteiger partial charge in [-0.2, -0.15) is 0 Å². The molecule has 0 bridgehead atoms. The molecule has 3 aromatic rings. The number of hydrogen-bond acceptors (Lipinski definition) is 4. The number of para-hydroxylation sites is 2. The van der Waals surface area contributed by atoms with E-state index in [2.05, 4.69) is 0 Å². The fourth-order valence-corrected chi connectivity index (χ4v) is 12.6. The molecule has 0 aliphatic heterocycles. The van der Waals surface area contributed by atoms with Gasteiger partial charge in [0.15, 0.2) is 0 Å². The predicted molar refractivity (Wildman–Crippen MR) is 102 cm³/mol. The summed E-state index contributed by atoms with van der Waals surface area (Å²) >= 11 is -3.68. The van der Waals surface area contributed by atoms with Crippen LogP contribution in [0.3, 0.4) is 0 Å². The van der Waals surface area contributed by atoms with E-state index in [0.29, 0.717) is 9.81 Å². The molecule has 0 atom stereocenters. The van der Waals surface area contributed by atoms with E-state index in [0.717, 1.165) is 12.1 Å². The average Bonchev–Trinajstić information content (AvgIpc) is 2.68. The Kier molecular flexibility index (Phi) is 5.93. The van der Waals surface area contributed by atoms with Gasteiger partial charge < -0.3 is 0 Å². The summed E-state index contributed by atoms with van der Waals surface area (Å²) in [6.07, 6.45) is -4.53. The van der Waals surface area contributed by atoms with Crippen molar-refractivity contribution in [1.29, 1.82) is 0 Å². The second kappa shape index (κ2) is 8.25. The number of nitro benzene ring substituents is 2. The molecule has 0 N–H and O–H groups in total. The first-order chi connectivity index (χ1) is 13.7. The maximum absolute atomic E-state index is 12.9. The van der Waals surface area contributed by atoms with E-state index >= 15 is 0 Å². The zero-order chi connectivity index (χ0) is 21.2. The second-order valence-corrected chi connectivity index (χ2v) is 14.2. The van der Waals surface area contributed by atoms with Crippen molar-refractivity contribution in [2.24, 2.45) is 0 Å². The van der Waals surface area contributed by atoms with Gasteiger partial charge >= 0.3 is 171 Å². The van der Waals surface area contributed by atoms with Crippen LogP contribution in [0, 0.1) is 20.2 Å². The van der Waals surface area contributed by atoms with Crippen molar-refractivity contribution in [1.82, 2.24) is 0 Å². The van der Waals surface area contributed by atoms with Gasteiger partial charge in [-0.3, -0.25) is 0 Å². The third-order valence-electron chi connectivity index (χ3n) is 4.09. The molecule has 0 aliphatic rings. The summed E-state index contributed by atoms with van der Waals surface area (Å²) in [5.41, 5.74) is -1.23. The number of benzene rings is 3. The third kappa shape index (κ3) is 4.42. The Morgan fingerprint density at radius 3 is 1.48 bits per heavy atom. The molecule has 148 valence electrons. The maximum atomic E-state index is 12.9. The Morgan fingerprint density at radius 2 is 1.10 bits per heavy atom. The fraction of sp³-hybridized carbons (Fsp3) is 0.0526. The van der Waals surface area contributed by atoms with E-state index in [1.54, 1.807) is 12.1 Å². The number of nitro groups is 2. The Balaban J connectivity index is 2.27. The molecule has 0 amide bonds. The molecule has 3 aromatic carbocycles. The van der Waals surface area contributed by atoms with Crippen LogP contribution < -0.4 is 9.81 Å². The van der Waals surface area contributed by atoms with Gasteiger partial charge in [0.1, 0.15) is 0 Å². The first-order valence-corrected chi connectivity index (χ1v) is 13.4. The van der Waals surface area contributed by atoms with E-state index in [4.69, 9.17) is 0 Å². The Morgan fingerprint density at radius 1 is 0.690 bits per heavy atom. The van der Waals surface area contributed by atoms with E-state index in [9.17, 15) is 33.4 Å². The van der Waals surface area contributed by atoms with Crippen LogP contribution >= 0.6 is 0 Å². The first-order valence-electron chi connectivity index (χ1n) is 8.14. The number of halogens is 3. The van der Waals surface area contributed by atoms with Crippen molar-refractivity contribution >= 4 is 42.9 Å². The van der Waals surface area contributed by atoms with Crippen molar-refractivity contribution < 1.29 is 23.0 Å². The van der Waals surface area contributed by atoms with Crippen LogP contribution in [0.5, 0.6) is 0 Å². The van der Waals surface area contributed by atoms with Crippen LogP contribution in [0.15, 0.2) is 72.8 Å². The molecule has 0 radical (unpaired) electrons. The summed E-state index contributed by atoms with van der Waals surface area (Å²) in [6.45, 7) is 0. The summed E-state index contributed by atoms with van der Waals surface area (Å²) in [7, 11) is 0. The summed E-state index contributed by atoms with van der Waals surface area (Å²) in [5.74, 6) is 0. The third-order valence-corrected chi connectivity index (χ3v) is 13.9. The number of hydrogen-bond donors (Lipinski definition) is 0. The van der Waals surface area contributed by atoms with Crippen LogP contribution in [-0.2, 0) is 6.18 Å². The second-order valence-electron chi connectivity index (χ2n) is 5.87. The minimum absolute atomic E-state index is 0.191. The zero-order valence-electron chi connectivity index (χ0n) is 14.5. The molecule has 0 aromatic heterocycles. The number of nitrogens with zero attached hydrogens (tertiary/aromatic N) is 2. The Labute approximate surface area is 170 Å². The fourth-order valence-electron chi connectivity index (χ4n) is 2.82. The number of alkyl halides is 3. The topological polar surface area (TPSA) is 86.3 Å². The van der Waals surface area contributed by atoms with Gasteiger partial charge in [0, 0.05) is 0 Å². The van der Waals surface area contributed by atoms with Crippen LogP contribution in [0.2, 0.25) is 0 Å². The van der Waals surface area contributed by atoms with Crippen molar-refractivity contribution in [3.8, 4) is 0 Å². The van der Waals surface area contributed by atoms with E-state index < -0.39 is 43.3 Å². The molecule has 6 nitrogen and oxygen atoms in total. The van der Waals surface area contributed by atoms with Crippen molar-refractivity contribution in [2.45, 2.75) is 6.18 Å². The zero-order valence-corrected chi connectivity index (χ0v) is 18.0. The van der Waals surface area contributed by atoms with Crippen LogP contribution in [0.25, 0.3) is 0 Å². The first kappa shape index (κ1) is 20.9. The van der Waals surface area contributed by atoms with Crippen molar-refractivity contribution in [3.63, 3.8) is 0 Å². The van der Waals surface area contributed by atoms with Gasteiger partial charge in [-0.1, -0.05) is 0 Å². The van der Waals surface area contributed by atoms with Gasteiger partial charge in [0.2, 0.25) is 0 Å².